The average molecular weight is 324 g/mol. The van der Waals surface area contributed by atoms with Gasteiger partial charge in [0.1, 0.15) is 0 Å². The largest absolute Gasteiger partial charge is 0.273 e. The Morgan fingerprint density at radius 3 is 2.53 bits per heavy atom. The van der Waals surface area contributed by atoms with Crippen molar-refractivity contribution in [2.75, 3.05) is 0 Å². The fourth-order valence-electron chi connectivity index (χ4n) is 1.96. The Morgan fingerprint density at radius 1 is 1.37 bits per heavy atom. The van der Waals surface area contributed by atoms with Gasteiger partial charge >= 0.3 is 0 Å². The highest BCUT2D eigenvalue weighted by Crippen LogP contribution is 2.25. The second-order valence-electron chi connectivity index (χ2n) is 4.41. The van der Waals surface area contributed by atoms with Crippen molar-refractivity contribution in [2.45, 2.75) is 26.1 Å². The van der Waals surface area contributed by atoms with Crippen molar-refractivity contribution in [1.82, 2.24) is 9.78 Å². The van der Waals surface area contributed by atoms with Gasteiger partial charge in [0.2, 0.25) is 0 Å². The first-order valence-electron chi connectivity index (χ1n) is 5.82. The maximum absolute atomic E-state index is 10.9. The van der Waals surface area contributed by atoms with Crippen LogP contribution in [0.15, 0.2) is 18.2 Å². The molecule has 5 nitrogen and oxygen atoms in total. The van der Waals surface area contributed by atoms with Crippen LogP contribution in [0.25, 0.3) is 5.69 Å². The molecule has 100 valence electrons. The van der Waals surface area contributed by atoms with Crippen LogP contribution >= 0.6 is 15.9 Å². The van der Waals surface area contributed by atoms with Crippen molar-refractivity contribution < 1.29 is 4.92 Å². The van der Waals surface area contributed by atoms with Crippen LogP contribution in [-0.2, 0) is 5.33 Å². The van der Waals surface area contributed by atoms with Crippen molar-refractivity contribution in [2.24, 2.45) is 0 Å². The second kappa shape index (κ2) is 5.13. The number of nitro benzene ring substituents is 1. The summed E-state index contributed by atoms with van der Waals surface area (Å²) in [7, 11) is 0. The van der Waals surface area contributed by atoms with Crippen LogP contribution in [0, 0.1) is 30.9 Å². The van der Waals surface area contributed by atoms with Gasteiger partial charge in [-0.1, -0.05) is 15.9 Å². The Labute approximate surface area is 119 Å². The summed E-state index contributed by atoms with van der Waals surface area (Å²) in [6.07, 6.45) is 0. The van der Waals surface area contributed by atoms with Gasteiger partial charge in [-0.2, -0.15) is 5.10 Å². The molecule has 0 N–H and O–H groups in total. The van der Waals surface area contributed by atoms with Crippen molar-refractivity contribution in [3.63, 3.8) is 0 Å². The molecule has 0 aliphatic carbocycles. The maximum atomic E-state index is 10.9. The minimum absolute atomic E-state index is 0.124. The molecule has 2 aromatic rings. The van der Waals surface area contributed by atoms with E-state index in [0.717, 1.165) is 22.6 Å². The molecule has 0 fully saturated rings. The molecule has 0 spiro atoms. The third-order valence-corrected chi connectivity index (χ3v) is 3.91. The second-order valence-corrected chi connectivity index (χ2v) is 4.97. The average Bonchev–Trinajstić information content (AvgIpc) is 2.65. The zero-order chi connectivity index (χ0) is 14.2. The van der Waals surface area contributed by atoms with Crippen molar-refractivity contribution >= 4 is 21.6 Å². The van der Waals surface area contributed by atoms with E-state index < -0.39 is 0 Å². The molecule has 19 heavy (non-hydrogen) atoms. The standard InChI is InChI=1S/C13H14BrN3O2/c1-8-9(2)15-16(10(8)3)12-4-5-13(17(18)19)11(6-12)7-14/h4-6H,7H2,1-3H3. The predicted molar refractivity (Wildman–Crippen MR) is 77.1 cm³/mol. The molecule has 0 amide bonds. The summed E-state index contributed by atoms with van der Waals surface area (Å²) in [5.41, 5.74) is 4.77. The molecule has 0 unspecified atom stereocenters. The predicted octanol–water partition coefficient (Wildman–Crippen LogP) is 3.60. The molecular formula is C13H14BrN3O2. The SMILES string of the molecule is Cc1nn(-c2ccc([N+](=O)[O-])c(CBr)c2)c(C)c1C. The van der Waals surface area contributed by atoms with Crippen LogP contribution in [0.3, 0.4) is 0 Å². The van der Waals surface area contributed by atoms with Crippen molar-refractivity contribution in [1.29, 1.82) is 0 Å². The van der Waals surface area contributed by atoms with Gasteiger partial charge in [0.15, 0.2) is 0 Å². The highest BCUT2D eigenvalue weighted by Gasteiger charge is 2.15. The van der Waals surface area contributed by atoms with E-state index in [4.69, 9.17) is 0 Å². The van der Waals surface area contributed by atoms with E-state index >= 15 is 0 Å². The first-order valence-corrected chi connectivity index (χ1v) is 6.94. The van der Waals surface area contributed by atoms with Crippen LogP contribution in [-0.4, -0.2) is 14.7 Å². The Balaban J connectivity index is 2.58. The molecule has 0 bridgehead atoms. The van der Waals surface area contributed by atoms with E-state index in [-0.39, 0.29) is 10.6 Å². The van der Waals surface area contributed by atoms with Gasteiger partial charge in [-0.3, -0.25) is 10.1 Å². The lowest BCUT2D eigenvalue weighted by Crippen LogP contribution is -2.02. The summed E-state index contributed by atoms with van der Waals surface area (Å²) >= 11 is 3.29. The molecule has 1 aromatic carbocycles. The maximum Gasteiger partial charge on any atom is 0.273 e. The first-order chi connectivity index (χ1) is 8.95. The van der Waals surface area contributed by atoms with Crippen LogP contribution in [0.5, 0.6) is 0 Å². The molecular weight excluding hydrogens is 310 g/mol. The van der Waals surface area contributed by atoms with Crippen molar-refractivity contribution in [3.8, 4) is 5.69 Å². The molecule has 6 heteroatoms. The third kappa shape index (κ3) is 2.40. The lowest BCUT2D eigenvalue weighted by atomic mass is 10.1. The minimum atomic E-state index is -0.368. The third-order valence-electron chi connectivity index (χ3n) is 3.30. The van der Waals surface area contributed by atoms with E-state index in [2.05, 4.69) is 21.0 Å². The Morgan fingerprint density at radius 2 is 2.05 bits per heavy atom. The highest BCUT2D eigenvalue weighted by molar-refractivity contribution is 9.08. The van der Waals surface area contributed by atoms with E-state index in [9.17, 15) is 10.1 Å². The van der Waals surface area contributed by atoms with Gasteiger partial charge < -0.3 is 0 Å². The van der Waals surface area contributed by atoms with Gasteiger partial charge in [-0.15, -0.1) is 0 Å². The van der Waals surface area contributed by atoms with E-state index in [1.54, 1.807) is 12.1 Å². The molecule has 0 radical (unpaired) electrons. The number of benzene rings is 1. The van der Waals surface area contributed by atoms with E-state index in [1.165, 1.54) is 6.07 Å². The molecule has 0 aliphatic heterocycles. The summed E-state index contributed by atoms with van der Waals surface area (Å²) in [5.74, 6) is 0. The van der Waals surface area contributed by atoms with Gasteiger partial charge in [-0.25, -0.2) is 4.68 Å². The molecule has 2 rings (SSSR count). The van der Waals surface area contributed by atoms with E-state index in [1.807, 2.05) is 25.5 Å². The summed E-state index contributed by atoms with van der Waals surface area (Å²) in [4.78, 5) is 10.5. The van der Waals surface area contributed by atoms with Gasteiger partial charge in [0.05, 0.1) is 16.3 Å². The number of nitro groups is 1. The van der Waals surface area contributed by atoms with Crippen LogP contribution in [0.1, 0.15) is 22.5 Å². The highest BCUT2D eigenvalue weighted by atomic mass is 79.9. The summed E-state index contributed by atoms with van der Waals surface area (Å²) in [5, 5.41) is 15.8. The van der Waals surface area contributed by atoms with Gasteiger partial charge in [-0.05, 0) is 38.5 Å². The van der Waals surface area contributed by atoms with Crippen LogP contribution < -0.4 is 0 Å². The number of halogens is 1. The monoisotopic (exact) mass is 323 g/mol. The minimum Gasteiger partial charge on any atom is -0.258 e. The molecule has 1 aromatic heterocycles. The lowest BCUT2D eigenvalue weighted by molar-refractivity contribution is -0.385. The summed E-state index contributed by atoms with van der Waals surface area (Å²) < 4.78 is 1.82. The number of rotatable bonds is 3. The number of nitrogens with zero attached hydrogens (tertiary/aromatic N) is 3. The number of alkyl halides is 1. The molecule has 0 atom stereocenters. The zero-order valence-corrected chi connectivity index (χ0v) is 12.6. The number of hydrogen-bond acceptors (Lipinski definition) is 3. The number of aromatic nitrogens is 2. The number of hydrogen-bond donors (Lipinski definition) is 0. The van der Waals surface area contributed by atoms with E-state index in [0.29, 0.717) is 10.9 Å². The van der Waals surface area contributed by atoms with Gasteiger partial charge in [0, 0.05) is 22.7 Å². The molecule has 0 aliphatic rings. The molecule has 0 saturated heterocycles. The quantitative estimate of drug-likeness (QED) is 0.492. The first kappa shape index (κ1) is 13.7. The zero-order valence-electron chi connectivity index (χ0n) is 11.0. The molecule has 0 saturated carbocycles. The van der Waals surface area contributed by atoms with Crippen LogP contribution in [0.2, 0.25) is 0 Å². The smallest absolute Gasteiger partial charge is 0.258 e. The Bertz CT molecular complexity index is 650. The normalized spacial score (nSPS) is 10.7. The summed E-state index contributed by atoms with van der Waals surface area (Å²) in [6, 6.07) is 5.05. The number of aryl methyl sites for hydroxylation is 1. The Hall–Kier alpha value is -1.69. The lowest BCUT2D eigenvalue weighted by Gasteiger charge is -2.07. The fourth-order valence-corrected chi connectivity index (χ4v) is 2.41. The Kier molecular flexibility index (Phi) is 3.71. The van der Waals surface area contributed by atoms with Gasteiger partial charge in [0.25, 0.3) is 5.69 Å². The van der Waals surface area contributed by atoms with Crippen LogP contribution in [0.4, 0.5) is 5.69 Å². The fraction of sp³-hybridized carbons (Fsp3) is 0.308. The summed E-state index contributed by atoms with van der Waals surface area (Å²) in [6.45, 7) is 5.96. The molecule has 1 heterocycles. The topological polar surface area (TPSA) is 61.0 Å². The van der Waals surface area contributed by atoms with Crippen molar-refractivity contribution in [3.05, 3.63) is 50.8 Å².